The molecule has 0 heterocycles. The van der Waals surface area contributed by atoms with Gasteiger partial charge in [-0.3, -0.25) is 4.79 Å². The lowest BCUT2D eigenvalue weighted by Gasteiger charge is -2.08. The Bertz CT molecular complexity index is 545. The summed E-state index contributed by atoms with van der Waals surface area (Å²) in [5, 5.41) is 2.36. The van der Waals surface area contributed by atoms with Crippen molar-refractivity contribution < 1.29 is 17.6 Å². The molecule has 0 fully saturated rings. The number of hydrogen-bond donors (Lipinski definition) is 3. The van der Waals surface area contributed by atoms with Crippen LogP contribution in [-0.2, 0) is 14.8 Å². The maximum absolute atomic E-state index is 12.8. The molecule has 18 heavy (non-hydrogen) atoms. The predicted octanol–water partition coefficient (Wildman–Crippen LogP) is -0.178. The van der Waals surface area contributed by atoms with E-state index in [0.717, 1.165) is 18.2 Å². The predicted molar refractivity (Wildman–Crippen MR) is 64.7 cm³/mol. The van der Waals surface area contributed by atoms with E-state index in [-0.39, 0.29) is 29.5 Å². The number of rotatable bonds is 5. The highest BCUT2D eigenvalue weighted by atomic mass is 32.2. The molecule has 8 heteroatoms. The monoisotopic (exact) mass is 275 g/mol. The van der Waals surface area contributed by atoms with Gasteiger partial charge in [0, 0.05) is 20.0 Å². The molecule has 1 amide bonds. The quantitative estimate of drug-likeness (QED) is 0.649. The van der Waals surface area contributed by atoms with E-state index in [2.05, 4.69) is 10.0 Å². The molecular weight excluding hydrogens is 261 g/mol. The lowest BCUT2D eigenvalue weighted by molar-refractivity contribution is -0.120. The second kappa shape index (κ2) is 5.78. The van der Waals surface area contributed by atoms with Crippen LogP contribution in [0.5, 0.6) is 0 Å². The van der Waals surface area contributed by atoms with Crippen LogP contribution in [0.3, 0.4) is 0 Å². The Morgan fingerprint density at radius 3 is 2.67 bits per heavy atom. The van der Waals surface area contributed by atoms with E-state index in [9.17, 15) is 17.6 Å². The maximum atomic E-state index is 12.8. The molecule has 0 saturated carbocycles. The smallest absolute Gasteiger partial charge is 0.242 e. The molecule has 0 saturated heterocycles. The van der Waals surface area contributed by atoms with Gasteiger partial charge >= 0.3 is 0 Å². The number of halogens is 1. The minimum absolute atomic E-state index is 0.0107. The van der Waals surface area contributed by atoms with Gasteiger partial charge in [0.1, 0.15) is 10.7 Å². The zero-order valence-electron chi connectivity index (χ0n) is 9.73. The summed E-state index contributed by atoms with van der Waals surface area (Å²) in [6.07, 6.45) is 0.0107. The highest BCUT2D eigenvalue weighted by Gasteiger charge is 2.17. The standard InChI is InChI=1S/C10H14FN3O3S/c1-13-10(15)4-5-14-18(16,17)9-3-2-7(11)6-8(9)12/h2-3,6,14H,4-5,12H2,1H3,(H,13,15). The van der Waals surface area contributed by atoms with E-state index in [1.165, 1.54) is 7.05 Å². The van der Waals surface area contributed by atoms with Crippen LogP contribution in [0, 0.1) is 5.82 Å². The number of amides is 1. The van der Waals surface area contributed by atoms with Gasteiger partial charge in [0.15, 0.2) is 0 Å². The van der Waals surface area contributed by atoms with Crippen molar-refractivity contribution in [3.8, 4) is 0 Å². The molecule has 6 nitrogen and oxygen atoms in total. The summed E-state index contributed by atoms with van der Waals surface area (Å²) in [6.45, 7) is -0.0567. The largest absolute Gasteiger partial charge is 0.398 e. The number of nitrogen functional groups attached to an aromatic ring is 1. The van der Waals surface area contributed by atoms with Gasteiger partial charge in [-0.2, -0.15) is 0 Å². The van der Waals surface area contributed by atoms with Crippen molar-refractivity contribution in [2.24, 2.45) is 0 Å². The number of carbonyl (C=O) groups excluding carboxylic acids is 1. The van der Waals surface area contributed by atoms with Gasteiger partial charge in [-0.1, -0.05) is 0 Å². The maximum Gasteiger partial charge on any atom is 0.242 e. The van der Waals surface area contributed by atoms with Crippen molar-refractivity contribution >= 4 is 21.6 Å². The Kier molecular flexibility index (Phi) is 4.62. The van der Waals surface area contributed by atoms with E-state index in [1.807, 2.05) is 0 Å². The van der Waals surface area contributed by atoms with Crippen LogP contribution in [0.2, 0.25) is 0 Å². The fraction of sp³-hybridized carbons (Fsp3) is 0.300. The molecular formula is C10H14FN3O3S. The SMILES string of the molecule is CNC(=O)CCNS(=O)(=O)c1ccc(F)cc1N. The Hall–Kier alpha value is -1.67. The van der Waals surface area contributed by atoms with Crippen molar-refractivity contribution in [3.05, 3.63) is 24.0 Å². The summed E-state index contributed by atoms with van der Waals surface area (Å²) in [7, 11) is -2.38. The topological polar surface area (TPSA) is 101 Å². The van der Waals surface area contributed by atoms with Crippen molar-refractivity contribution in [2.45, 2.75) is 11.3 Å². The van der Waals surface area contributed by atoms with Gasteiger partial charge in [0.05, 0.1) is 5.69 Å². The first-order valence-electron chi connectivity index (χ1n) is 5.12. The molecule has 0 aromatic heterocycles. The minimum atomic E-state index is -3.83. The average molecular weight is 275 g/mol. The number of carbonyl (C=O) groups is 1. The number of sulfonamides is 1. The third-order valence-electron chi connectivity index (χ3n) is 2.18. The number of hydrogen-bond acceptors (Lipinski definition) is 4. The van der Waals surface area contributed by atoms with Crippen LogP contribution in [0.1, 0.15) is 6.42 Å². The van der Waals surface area contributed by atoms with Crippen molar-refractivity contribution in [1.29, 1.82) is 0 Å². The van der Waals surface area contributed by atoms with E-state index in [1.54, 1.807) is 0 Å². The molecule has 0 unspecified atom stereocenters. The zero-order chi connectivity index (χ0) is 13.8. The van der Waals surface area contributed by atoms with Gasteiger partial charge in [-0.05, 0) is 18.2 Å². The molecule has 0 atom stereocenters. The molecule has 0 aliphatic carbocycles. The highest BCUT2D eigenvalue weighted by Crippen LogP contribution is 2.18. The van der Waals surface area contributed by atoms with E-state index < -0.39 is 15.8 Å². The molecule has 100 valence electrons. The van der Waals surface area contributed by atoms with E-state index >= 15 is 0 Å². The summed E-state index contributed by atoms with van der Waals surface area (Å²) in [5.41, 5.74) is 5.25. The lowest BCUT2D eigenvalue weighted by atomic mass is 10.3. The molecule has 0 bridgehead atoms. The number of benzene rings is 1. The van der Waals surface area contributed by atoms with Crippen LogP contribution in [0.15, 0.2) is 23.1 Å². The molecule has 0 aliphatic rings. The van der Waals surface area contributed by atoms with Crippen LogP contribution in [0.25, 0.3) is 0 Å². The molecule has 1 aromatic rings. The van der Waals surface area contributed by atoms with Crippen LogP contribution < -0.4 is 15.8 Å². The number of anilines is 1. The Morgan fingerprint density at radius 2 is 2.11 bits per heavy atom. The number of nitrogens with two attached hydrogens (primary N) is 1. The van der Waals surface area contributed by atoms with E-state index in [4.69, 9.17) is 5.73 Å². The summed E-state index contributed by atoms with van der Waals surface area (Å²) in [4.78, 5) is 10.7. The molecule has 0 radical (unpaired) electrons. The summed E-state index contributed by atoms with van der Waals surface area (Å²) in [5.74, 6) is -0.901. The fourth-order valence-electron chi connectivity index (χ4n) is 1.27. The molecule has 1 rings (SSSR count). The fourth-order valence-corrected chi connectivity index (χ4v) is 2.41. The summed E-state index contributed by atoms with van der Waals surface area (Å²) < 4.78 is 38.6. The molecule has 1 aromatic carbocycles. The lowest BCUT2D eigenvalue weighted by Crippen LogP contribution is -2.29. The van der Waals surface area contributed by atoms with Crippen LogP contribution in [-0.4, -0.2) is 27.9 Å². The molecule has 0 aliphatic heterocycles. The van der Waals surface area contributed by atoms with Gasteiger partial charge in [0.2, 0.25) is 15.9 Å². The summed E-state index contributed by atoms with van der Waals surface area (Å²) in [6, 6.07) is 3.00. The van der Waals surface area contributed by atoms with Gasteiger partial charge < -0.3 is 11.1 Å². The van der Waals surface area contributed by atoms with Crippen molar-refractivity contribution in [1.82, 2.24) is 10.0 Å². The van der Waals surface area contributed by atoms with E-state index in [0.29, 0.717) is 0 Å². The second-order valence-electron chi connectivity index (χ2n) is 3.50. The first kappa shape index (κ1) is 14.4. The second-order valence-corrected chi connectivity index (χ2v) is 5.24. The Labute approximate surface area is 104 Å². The van der Waals surface area contributed by atoms with Gasteiger partial charge in [-0.25, -0.2) is 17.5 Å². The Morgan fingerprint density at radius 1 is 1.44 bits per heavy atom. The highest BCUT2D eigenvalue weighted by molar-refractivity contribution is 7.89. The van der Waals surface area contributed by atoms with Gasteiger partial charge in [0.25, 0.3) is 0 Å². The van der Waals surface area contributed by atoms with Crippen molar-refractivity contribution in [3.63, 3.8) is 0 Å². The first-order valence-corrected chi connectivity index (χ1v) is 6.60. The van der Waals surface area contributed by atoms with Gasteiger partial charge in [-0.15, -0.1) is 0 Å². The van der Waals surface area contributed by atoms with Crippen LogP contribution in [0.4, 0.5) is 10.1 Å². The summed E-state index contributed by atoms with van der Waals surface area (Å²) >= 11 is 0. The first-order chi connectivity index (χ1) is 8.36. The zero-order valence-corrected chi connectivity index (χ0v) is 10.6. The normalized spacial score (nSPS) is 11.2. The third kappa shape index (κ3) is 3.67. The van der Waals surface area contributed by atoms with Crippen molar-refractivity contribution in [2.75, 3.05) is 19.3 Å². The third-order valence-corrected chi connectivity index (χ3v) is 3.72. The number of nitrogens with one attached hydrogen (secondary N) is 2. The minimum Gasteiger partial charge on any atom is -0.398 e. The Balaban J connectivity index is 2.77. The molecule has 4 N–H and O–H groups in total. The average Bonchev–Trinajstić information content (AvgIpc) is 2.27. The van der Waals surface area contributed by atoms with Crippen LogP contribution >= 0.6 is 0 Å². The molecule has 0 spiro atoms.